The molecule has 1 saturated carbocycles. The van der Waals surface area contributed by atoms with E-state index >= 15 is 0 Å². The van der Waals surface area contributed by atoms with Gasteiger partial charge in [-0.05, 0) is 91.7 Å². The van der Waals surface area contributed by atoms with Crippen LogP contribution in [0.5, 0.6) is 11.5 Å². The molecule has 40 heavy (non-hydrogen) atoms. The lowest BCUT2D eigenvalue weighted by molar-refractivity contribution is -0.128. The van der Waals surface area contributed by atoms with E-state index in [9.17, 15) is 13.6 Å². The van der Waals surface area contributed by atoms with Gasteiger partial charge in [-0.2, -0.15) is 0 Å². The minimum atomic E-state index is -0.930. The number of rotatable bonds is 10. The first-order chi connectivity index (χ1) is 19.3. The van der Waals surface area contributed by atoms with Gasteiger partial charge < -0.3 is 19.7 Å². The molecule has 0 bridgehead atoms. The van der Waals surface area contributed by atoms with Gasteiger partial charge in [0, 0.05) is 24.7 Å². The van der Waals surface area contributed by atoms with Crippen molar-refractivity contribution in [1.29, 1.82) is 0 Å². The Morgan fingerprint density at radius 1 is 1.02 bits per heavy atom. The number of ether oxygens (including phenoxy) is 2. The van der Waals surface area contributed by atoms with Crippen LogP contribution in [0.25, 0.3) is 5.57 Å². The molecule has 0 atom stereocenters. The molecular weight excluding hydrogens is 534 g/mol. The minimum Gasteiger partial charge on any atom is -0.490 e. The van der Waals surface area contributed by atoms with E-state index in [2.05, 4.69) is 37.4 Å². The highest BCUT2D eigenvalue weighted by atomic mass is 35.5. The van der Waals surface area contributed by atoms with E-state index < -0.39 is 17.4 Å². The summed E-state index contributed by atoms with van der Waals surface area (Å²) in [5, 5.41) is 3.17. The van der Waals surface area contributed by atoms with Crippen molar-refractivity contribution in [3.8, 4) is 11.5 Å². The summed E-state index contributed by atoms with van der Waals surface area (Å²) in [4.78, 5) is 16.0. The second-order valence-electron chi connectivity index (χ2n) is 10.3. The van der Waals surface area contributed by atoms with Gasteiger partial charge in [0.15, 0.2) is 17.4 Å². The number of halogens is 3. The van der Waals surface area contributed by atoms with Crippen molar-refractivity contribution >= 4 is 23.1 Å². The van der Waals surface area contributed by atoms with Crippen LogP contribution < -0.4 is 14.8 Å². The van der Waals surface area contributed by atoms with Crippen molar-refractivity contribution in [3.63, 3.8) is 0 Å². The molecule has 1 aliphatic heterocycles. The van der Waals surface area contributed by atoms with Crippen LogP contribution in [0.4, 0.5) is 8.78 Å². The first-order valence-corrected chi connectivity index (χ1v) is 14.0. The Hall–Kier alpha value is -3.42. The maximum atomic E-state index is 14.0. The van der Waals surface area contributed by atoms with E-state index in [1.807, 2.05) is 29.2 Å². The summed E-state index contributed by atoms with van der Waals surface area (Å²) in [6.45, 7) is 6.23. The van der Waals surface area contributed by atoms with E-state index in [4.69, 9.17) is 21.1 Å². The van der Waals surface area contributed by atoms with Gasteiger partial charge in [-0.15, -0.1) is 0 Å². The zero-order valence-corrected chi connectivity index (χ0v) is 23.5. The van der Waals surface area contributed by atoms with E-state index in [0.717, 1.165) is 54.6 Å². The fourth-order valence-electron chi connectivity index (χ4n) is 5.00. The molecule has 1 N–H and O–H groups in total. The number of hydrogen-bond donors (Lipinski definition) is 1. The Balaban J connectivity index is 1.26. The lowest BCUT2D eigenvalue weighted by Crippen LogP contribution is -2.39. The molecule has 210 valence electrons. The molecule has 0 aromatic heterocycles. The molecule has 1 amide bonds. The highest BCUT2D eigenvalue weighted by Gasteiger charge is 2.35. The summed E-state index contributed by atoms with van der Waals surface area (Å²) in [7, 11) is 0. The maximum absolute atomic E-state index is 14.0. The Labute approximate surface area is 238 Å². The van der Waals surface area contributed by atoms with Crippen molar-refractivity contribution in [2.45, 2.75) is 45.7 Å². The van der Waals surface area contributed by atoms with Gasteiger partial charge in [-0.25, -0.2) is 8.78 Å². The Morgan fingerprint density at radius 3 is 2.52 bits per heavy atom. The van der Waals surface area contributed by atoms with Crippen LogP contribution in [0.2, 0.25) is 5.02 Å². The number of nitrogens with zero attached hydrogens (tertiary/aromatic N) is 1. The second kappa shape index (κ2) is 12.4. The van der Waals surface area contributed by atoms with Gasteiger partial charge >= 0.3 is 0 Å². The molecular formula is C32H33ClF2N2O3. The number of aryl methyl sites for hydroxylation is 1. The normalized spacial score (nSPS) is 15.2. The van der Waals surface area contributed by atoms with E-state index in [1.165, 1.54) is 16.7 Å². The smallest absolute Gasteiger partial charge is 0.251 e. The molecule has 0 radical (unpaired) electrons. The summed E-state index contributed by atoms with van der Waals surface area (Å²) in [5.74, 6) is -1.57. The number of carbonyl (C=O) groups is 1. The van der Waals surface area contributed by atoms with E-state index in [0.29, 0.717) is 18.8 Å². The molecule has 0 unspecified atom stereocenters. The van der Waals surface area contributed by atoms with E-state index in [-0.39, 0.29) is 30.2 Å². The molecule has 3 aromatic rings. The minimum absolute atomic E-state index is 0.0528. The van der Waals surface area contributed by atoms with Crippen LogP contribution in [0.3, 0.4) is 0 Å². The average molecular weight is 567 g/mol. The number of benzene rings is 3. The zero-order valence-electron chi connectivity index (χ0n) is 22.7. The zero-order chi connectivity index (χ0) is 28.2. The Bertz CT molecular complexity index is 1420. The second-order valence-corrected chi connectivity index (χ2v) is 10.7. The quantitative estimate of drug-likeness (QED) is 0.221. The van der Waals surface area contributed by atoms with Crippen molar-refractivity contribution in [3.05, 3.63) is 99.1 Å². The van der Waals surface area contributed by atoms with Gasteiger partial charge in [0.05, 0.1) is 5.02 Å². The lowest BCUT2D eigenvalue weighted by Gasteiger charge is -2.29. The van der Waals surface area contributed by atoms with Crippen LogP contribution in [-0.2, 0) is 11.3 Å². The highest BCUT2D eigenvalue weighted by molar-refractivity contribution is 6.30. The summed E-state index contributed by atoms with van der Waals surface area (Å²) in [6, 6.07) is 16.3. The van der Waals surface area contributed by atoms with Crippen molar-refractivity contribution in [2.75, 3.05) is 26.3 Å². The van der Waals surface area contributed by atoms with Crippen molar-refractivity contribution in [1.82, 2.24) is 10.2 Å². The maximum Gasteiger partial charge on any atom is 0.251 e. The fourth-order valence-corrected chi connectivity index (χ4v) is 5.15. The molecule has 1 fully saturated rings. The lowest BCUT2D eigenvalue weighted by atomic mass is 9.93. The first kappa shape index (κ1) is 28.1. The van der Waals surface area contributed by atoms with Crippen LogP contribution in [0, 0.1) is 25.5 Å². The van der Waals surface area contributed by atoms with Crippen LogP contribution >= 0.6 is 11.6 Å². The summed E-state index contributed by atoms with van der Waals surface area (Å²) in [6.07, 6.45) is 2.84. The number of nitrogens with one attached hydrogen (secondary N) is 1. The van der Waals surface area contributed by atoms with Crippen LogP contribution in [0.1, 0.15) is 41.5 Å². The average Bonchev–Trinajstić information content (AvgIpc) is 3.81. The molecule has 3 aromatic carbocycles. The highest BCUT2D eigenvalue weighted by Crippen LogP contribution is 2.34. The molecule has 5 rings (SSSR count). The molecule has 1 heterocycles. The summed E-state index contributed by atoms with van der Waals surface area (Å²) < 4.78 is 38.7. The SMILES string of the molecule is Cc1cccc(CN(C(=O)C2=C(c3ccc(OCCOc4c(F)ccc(Cl)c4F)cc3)CCNC2)C2CC2)c1C. The molecule has 5 nitrogen and oxygen atoms in total. The number of hydrogen-bond acceptors (Lipinski definition) is 4. The van der Waals surface area contributed by atoms with Gasteiger partial charge in [0.25, 0.3) is 5.91 Å². The third-order valence-corrected chi connectivity index (χ3v) is 7.88. The van der Waals surface area contributed by atoms with Crippen LogP contribution in [0.15, 0.2) is 60.2 Å². The monoisotopic (exact) mass is 566 g/mol. The Morgan fingerprint density at radius 2 is 1.77 bits per heavy atom. The number of carbonyl (C=O) groups excluding carboxylic acids is 1. The standard InChI is InChI=1S/C32H33ClF2N2O3/c1-20-4-3-5-23(21(20)2)19-37(24-8-9-24)32(38)27-18-36-15-14-26(27)22-6-10-25(11-7-22)39-16-17-40-31-29(34)13-12-28(33)30(31)35/h3-7,10-13,24,36H,8-9,14-19H2,1-2H3. The first-order valence-electron chi connectivity index (χ1n) is 13.6. The molecule has 0 spiro atoms. The Kier molecular flexibility index (Phi) is 8.72. The molecule has 0 saturated heterocycles. The topological polar surface area (TPSA) is 50.8 Å². The predicted octanol–water partition coefficient (Wildman–Crippen LogP) is 6.63. The number of amides is 1. The van der Waals surface area contributed by atoms with E-state index in [1.54, 1.807) is 0 Å². The largest absolute Gasteiger partial charge is 0.490 e. The predicted molar refractivity (Wildman–Crippen MR) is 153 cm³/mol. The van der Waals surface area contributed by atoms with Crippen LogP contribution in [-0.4, -0.2) is 43.2 Å². The van der Waals surface area contributed by atoms with Gasteiger partial charge in [-0.3, -0.25) is 4.79 Å². The van der Waals surface area contributed by atoms with Crippen molar-refractivity contribution in [2.24, 2.45) is 0 Å². The van der Waals surface area contributed by atoms with Gasteiger partial charge in [-0.1, -0.05) is 41.9 Å². The van der Waals surface area contributed by atoms with Gasteiger partial charge in [0.2, 0.25) is 0 Å². The van der Waals surface area contributed by atoms with Gasteiger partial charge in [0.1, 0.15) is 19.0 Å². The van der Waals surface area contributed by atoms with Crippen molar-refractivity contribution < 1.29 is 23.0 Å². The summed E-state index contributed by atoms with van der Waals surface area (Å²) in [5.41, 5.74) is 6.52. The fraction of sp³-hybridized carbons (Fsp3) is 0.344. The third kappa shape index (κ3) is 6.31. The molecule has 8 heteroatoms. The third-order valence-electron chi connectivity index (χ3n) is 7.59. The summed E-state index contributed by atoms with van der Waals surface area (Å²) >= 11 is 5.70. The molecule has 2 aliphatic rings. The molecule has 1 aliphatic carbocycles.